The highest BCUT2D eigenvalue weighted by Crippen LogP contribution is 2.26. The standard InChI is InChI=1S/C18H18ClN3O7/c1-4-28-17(24)15-9(2)16(20-10(15)3)18(25)29-8-14(23)21-13-7-11(22(26)27)5-6-12(13)19/h5-7,20H,4,8H2,1-3H3,(H,21,23). The van der Waals surface area contributed by atoms with Crippen LogP contribution in [0.3, 0.4) is 0 Å². The second-order valence-corrected chi connectivity index (χ2v) is 6.30. The Morgan fingerprint density at radius 2 is 1.90 bits per heavy atom. The molecule has 0 aliphatic carbocycles. The normalized spacial score (nSPS) is 10.3. The van der Waals surface area contributed by atoms with Crippen LogP contribution in [0.4, 0.5) is 11.4 Å². The lowest BCUT2D eigenvalue weighted by molar-refractivity contribution is -0.384. The van der Waals surface area contributed by atoms with E-state index in [9.17, 15) is 24.5 Å². The minimum absolute atomic E-state index is 0.0124. The fourth-order valence-corrected chi connectivity index (χ4v) is 2.74. The number of nitrogens with zero attached hydrogens (tertiary/aromatic N) is 1. The number of ether oxygens (including phenoxy) is 2. The number of aromatic amines is 1. The maximum Gasteiger partial charge on any atom is 0.355 e. The first kappa shape index (κ1) is 21.9. The predicted molar refractivity (Wildman–Crippen MR) is 103 cm³/mol. The summed E-state index contributed by atoms with van der Waals surface area (Å²) in [6.45, 7) is 4.34. The quantitative estimate of drug-likeness (QED) is 0.395. The number of carbonyl (C=O) groups excluding carboxylic acids is 3. The van der Waals surface area contributed by atoms with Crippen molar-refractivity contribution in [3.63, 3.8) is 0 Å². The number of benzene rings is 1. The zero-order valence-electron chi connectivity index (χ0n) is 15.8. The Morgan fingerprint density at radius 3 is 2.52 bits per heavy atom. The molecule has 0 fully saturated rings. The van der Waals surface area contributed by atoms with Gasteiger partial charge in [-0.3, -0.25) is 14.9 Å². The van der Waals surface area contributed by atoms with Gasteiger partial charge < -0.3 is 19.8 Å². The van der Waals surface area contributed by atoms with E-state index in [2.05, 4.69) is 10.3 Å². The zero-order chi connectivity index (χ0) is 21.7. The molecule has 154 valence electrons. The molecule has 0 radical (unpaired) electrons. The number of aryl methyl sites for hydroxylation is 1. The Balaban J connectivity index is 2.05. The Bertz CT molecular complexity index is 984. The van der Waals surface area contributed by atoms with Crippen LogP contribution in [0.15, 0.2) is 18.2 Å². The minimum Gasteiger partial charge on any atom is -0.462 e. The average molecular weight is 424 g/mol. The molecule has 2 N–H and O–H groups in total. The highest BCUT2D eigenvalue weighted by Gasteiger charge is 2.24. The van der Waals surface area contributed by atoms with Crippen molar-refractivity contribution in [3.05, 3.63) is 55.9 Å². The SMILES string of the molecule is CCOC(=O)c1c(C)[nH]c(C(=O)OCC(=O)Nc2cc([N+](=O)[O-])ccc2Cl)c1C. The van der Waals surface area contributed by atoms with E-state index < -0.39 is 29.4 Å². The highest BCUT2D eigenvalue weighted by atomic mass is 35.5. The number of non-ortho nitro benzene ring substituents is 1. The lowest BCUT2D eigenvalue weighted by Crippen LogP contribution is -2.21. The van der Waals surface area contributed by atoms with Crippen LogP contribution in [0.2, 0.25) is 5.02 Å². The van der Waals surface area contributed by atoms with Crippen molar-refractivity contribution in [1.29, 1.82) is 0 Å². The van der Waals surface area contributed by atoms with Gasteiger partial charge in [0.05, 0.1) is 27.8 Å². The van der Waals surface area contributed by atoms with E-state index in [4.69, 9.17) is 21.1 Å². The zero-order valence-corrected chi connectivity index (χ0v) is 16.6. The maximum absolute atomic E-state index is 12.3. The van der Waals surface area contributed by atoms with E-state index in [0.717, 1.165) is 6.07 Å². The molecule has 0 aliphatic heterocycles. The molecule has 0 unspecified atom stereocenters. The molecule has 1 heterocycles. The molecule has 1 aromatic heterocycles. The van der Waals surface area contributed by atoms with E-state index >= 15 is 0 Å². The van der Waals surface area contributed by atoms with Crippen molar-refractivity contribution >= 4 is 40.8 Å². The average Bonchev–Trinajstić information content (AvgIpc) is 2.96. The van der Waals surface area contributed by atoms with Crippen LogP contribution >= 0.6 is 11.6 Å². The lowest BCUT2D eigenvalue weighted by atomic mass is 10.1. The van der Waals surface area contributed by atoms with Gasteiger partial charge in [-0.25, -0.2) is 9.59 Å². The van der Waals surface area contributed by atoms with Gasteiger partial charge in [-0.15, -0.1) is 0 Å². The van der Waals surface area contributed by atoms with Gasteiger partial charge in [0.1, 0.15) is 5.69 Å². The van der Waals surface area contributed by atoms with Crippen molar-refractivity contribution in [3.8, 4) is 0 Å². The Kier molecular flexibility index (Phi) is 6.94. The maximum atomic E-state index is 12.3. The Morgan fingerprint density at radius 1 is 1.21 bits per heavy atom. The first-order chi connectivity index (χ1) is 13.6. The molecule has 10 nitrogen and oxygen atoms in total. The van der Waals surface area contributed by atoms with Gasteiger partial charge in [-0.2, -0.15) is 0 Å². The predicted octanol–water partition coefficient (Wildman–Crippen LogP) is 3.17. The number of hydrogen-bond acceptors (Lipinski definition) is 7. The van der Waals surface area contributed by atoms with Crippen molar-refractivity contribution in [2.75, 3.05) is 18.5 Å². The number of amides is 1. The molecular formula is C18H18ClN3O7. The van der Waals surface area contributed by atoms with Crippen molar-refractivity contribution in [2.45, 2.75) is 20.8 Å². The first-order valence-electron chi connectivity index (χ1n) is 8.42. The van der Waals surface area contributed by atoms with Gasteiger partial charge in [0, 0.05) is 17.8 Å². The summed E-state index contributed by atoms with van der Waals surface area (Å²) in [4.78, 5) is 49.2. The number of anilines is 1. The summed E-state index contributed by atoms with van der Waals surface area (Å²) in [5.74, 6) is -2.16. The molecule has 2 rings (SSSR count). The number of rotatable bonds is 7. The summed E-state index contributed by atoms with van der Waals surface area (Å²) >= 11 is 5.91. The topological polar surface area (TPSA) is 141 Å². The second-order valence-electron chi connectivity index (χ2n) is 5.89. The number of H-pyrrole nitrogens is 1. The molecule has 0 aliphatic rings. The van der Waals surface area contributed by atoms with E-state index in [0.29, 0.717) is 11.3 Å². The monoisotopic (exact) mass is 423 g/mol. The molecule has 2 aromatic rings. The third-order valence-corrected chi connectivity index (χ3v) is 4.22. The van der Waals surface area contributed by atoms with Crippen LogP contribution in [0, 0.1) is 24.0 Å². The number of halogens is 1. The van der Waals surface area contributed by atoms with Crippen LogP contribution in [0.5, 0.6) is 0 Å². The molecule has 0 bridgehead atoms. The smallest absolute Gasteiger partial charge is 0.355 e. The number of nitro groups is 1. The number of hydrogen-bond donors (Lipinski definition) is 2. The van der Waals surface area contributed by atoms with Gasteiger partial charge in [0.15, 0.2) is 6.61 Å². The summed E-state index contributed by atoms with van der Waals surface area (Å²) < 4.78 is 9.91. The Hall–Kier alpha value is -3.40. The van der Waals surface area contributed by atoms with Gasteiger partial charge in [0.2, 0.25) is 0 Å². The van der Waals surface area contributed by atoms with Crippen LogP contribution in [0.25, 0.3) is 0 Å². The van der Waals surface area contributed by atoms with E-state index in [-0.39, 0.29) is 34.3 Å². The number of aromatic nitrogens is 1. The van der Waals surface area contributed by atoms with Gasteiger partial charge in [-0.1, -0.05) is 11.6 Å². The van der Waals surface area contributed by atoms with Crippen LogP contribution < -0.4 is 5.32 Å². The van der Waals surface area contributed by atoms with Crippen molar-refractivity contribution in [1.82, 2.24) is 4.98 Å². The van der Waals surface area contributed by atoms with Gasteiger partial charge >= 0.3 is 11.9 Å². The first-order valence-corrected chi connectivity index (χ1v) is 8.80. The number of nitro benzene ring substituents is 1. The van der Waals surface area contributed by atoms with E-state index in [1.807, 2.05) is 0 Å². The molecule has 1 aromatic carbocycles. The molecule has 0 spiro atoms. The summed E-state index contributed by atoms with van der Waals surface area (Å²) in [5, 5.41) is 13.2. The third-order valence-electron chi connectivity index (χ3n) is 3.89. The molecule has 0 saturated carbocycles. The fourth-order valence-electron chi connectivity index (χ4n) is 2.58. The van der Waals surface area contributed by atoms with Gasteiger partial charge in [0.25, 0.3) is 11.6 Å². The molecule has 0 atom stereocenters. The number of nitrogens with one attached hydrogen (secondary N) is 2. The summed E-state index contributed by atoms with van der Waals surface area (Å²) in [5.41, 5.74) is 0.774. The number of esters is 2. The molecule has 29 heavy (non-hydrogen) atoms. The van der Waals surface area contributed by atoms with E-state index in [1.165, 1.54) is 12.1 Å². The fraction of sp³-hybridized carbons (Fsp3) is 0.278. The molecular weight excluding hydrogens is 406 g/mol. The molecule has 0 saturated heterocycles. The molecule has 11 heteroatoms. The Labute approximate surface area is 170 Å². The minimum atomic E-state index is -0.846. The van der Waals surface area contributed by atoms with Crippen LogP contribution in [0.1, 0.15) is 39.0 Å². The number of carbonyl (C=O) groups is 3. The second kappa shape index (κ2) is 9.20. The summed E-state index contributed by atoms with van der Waals surface area (Å²) in [6, 6.07) is 3.55. The van der Waals surface area contributed by atoms with Crippen LogP contribution in [-0.2, 0) is 14.3 Å². The highest BCUT2D eigenvalue weighted by molar-refractivity contribution is 6.33. The summed E-state index contributed by atoms with van der Waals surface area (Å²) in [6.07, 6.45) is 0. The van der Waals surface area contributed by atoms with Crippen LogP contribution in [-0.4, -0.2) is 41.0 Å². The van der Waals surface area contributed by atoms with E-state index in [1.54, 1.807) is 20.8 Å². The van der Waals surface area contributed by atoms with Crippen molar-refractivity contribution < 1.29 is 28.8 Å². The molecule has 1 amide bonds. The van der Waals surface area contributed by atoms with Gasteiger partial charge in [-0.05, 0) is 32.4 Å². The largest absolute Gasteiger partial charge is 0.462 e. The lowest BCUT2D eigenvalue weighted by Gasteiger charge is -2.08. The third kappa shape index (κ3) is 5.11. The summed E-state index contributed by atoms with van der Waals surface area (Å²) in [7, 11) is 0. The van der Waals surface area contributed by atoms with Crippen molar-refractivity contribution in [2.24, 2.45) is 0 Å².